The van der Waals surface area contributed by atoms with Gasteiger partial charge in [-0.05, 0) is 139 Å². The number of piperidine rings is 1. The van der Waals surface area contributed by atoms with Crippen LogP contribution in [-0.2, 0) is 25.5 Å². The zero-order valence-electron chi connectivity index (χ0n) is 38.1. The number of ether oxygens (including phenoxy) is 3. The Morgan fingerprint density at radius 3 is 2.08 bits per heavy atom. The molecule has 0 bridgehead atoms. The molecule has 348 valence electrons. The molecule has 65 heavy (non-hydrogen) atoms. The number of carbonyl (C=O) groups is 5. The van der Waals surface area contributed by atoms with Gasteiger partial charge in [-0.25, -0.2) is 14.0 Å². The van der Waals surface area contributed by atoms with Crippen molar-refractivity contribution in [2.45, 2.75) is 110 Å². The maximum atomic E-state index is 16.0. The largest absolute Gasteiger partial charge is 0.493 e. The van der Waals surface area contributed by atoms with Crippen molar-refractivity contribution < 1.29 is 42.6 Å². The fraction of sp³-hybridized carbons (Fsp3) is 0.489. The predicted molar refractivity (Wildman–Crippen MR) is 240 cm³/mol. The highest BCUT2D eigenvalue weighted by atomic mass is 19.1. The van der Waals surface area contributed by atoms with Gasteiger partial charge in [-0.1, -0.05) is 24.3 Å². The van der Waals surface area contributed by atoms with Crippen LogP contribution in [0.3, 0.4) is 0 Å². The Labute approximate surface area is 378 Å². The number of carbonyl (C=O) groups excluding carboxylic acids is 5. The Morgan fingerprint density at radius 1 is 0.831 bits per heavy atom. The Morgan fingerprint density at radius 2 is 1.48 bits per heavy atom. The number of alkyl carbamates (subject to hydrolysis) is 1. The standard InChI is InChI=1S/C47H60FN9O8/c1-46(2,3)64-44(61)49-27-29-10-14-32(15-11-29)41(58)52-37(43(60)51-33-18-16-31(17-19-33)40-53-55-56-54-40)26-28-8-12-30(13-9-28)35-20-21-36(38(48)39(35)63-7)42(59)50-34-22-24-57(25-23-34)45(62)65-47(4,5)6/h8-9,12-13,16-21,29,32,34,37H,10-11,14-15,22-27H2,1-7H3,(H,49,61)(H,50,59)(H,51,60)(H,52,58)(H,53,54,55,56). The molecule has 5 N–H and O–H groups in total. The summed E-state index contributed by atoms with van der Waals surface area (Å²) in [5.41, 5.74) is 1.57. The summed E-state index contributed by atoms with van der Waals surface area (Å²) in [4.78, 5) is 67.3. The second-order valence-corrected chi connectivity index (χ2v) is 18.6. The molecule has 2 fully saturated rings. The highest BCUT2D eigenvalue weighted by Gasteiger charge is 2.32. The number of anilines is 1. The molecule has 0 spiro atoms. The molecule has 1 unspecified atom stereocenters. The first-order chi connectivity index (χ1) is 30.9. The lowest BCUT2D eigenvalue weighted by molar-refractivity contribution is -0.130. The van der Waals surface area contributed by atoms with E-state index in [1.54, 1.807) is 101 Å². The first-order valence-electron chi connectivity index (χ1n) is 22.0. The third-order valence-corrected chi connectivity index (χ3v) is 11.3. The zero-order valence-corrected chi connectivity index (χ0v) is 38.1. The van der Waals surface area contributed by atoms with Crippen LogP contribution in [0.2, 0.25) is 0 Å². The number of hydrogen-bond acceptors (Lipinski definition) is 11. The van der Waals surface area contributed by atoms with Crippen molar-refractivity contribution >= 4 is 35.6 Å². The van der Waals surface area contributed by atoms with E-state index in [0.717, 1.165) is 18.4 Å². The monoisotopic (exact) mass is 897 g/mol. The van der Waals surface area contributed by atoms with E-state index in [9.17, 15) is 24.0 Å². The number of nitrogens with zero attached hydrogens (tertiary/aromatic N) is 4. The number of aromatic amines is 1. The van der Waals surface area contributed by atoms with E-state index in [2.05, 4.69) is 41.9 Å². The smallest absolute Gasteiger partial charge is 0.410 e. The minimum Gasteiger partial charge on any atom is -0.493 e. The molecule has 1 atom stereocenters. The van der Waals surface area contributed by atoms with Crippen LogP contribution >= 0.6 is 0 Å². The number of methoxy groups -OCH3 is 1. The first-order valence-corrected chi connectivity index (χ1v) is 22.0. The molecule has 1 aromatic heterocycles. The van der Waals surface area contributed by atoms with Crippen molar-refractivity contribution in [1.82, 2.24) is 41.5 Å². The molecule has 1 saturated carbocycles. The summed E-state index contributed by atoms with van der Waals surface area (Å²) in [6.07, 6.45) is 2.91. The summed E-state index contributed by atoms with van der Waals surface area (Å²) in [7, 11) is 1.34. The molecule has 1 aliphatic heterocycles. The van der Waals surface area contributed by atoms with Crippen LogP contribution in [0.25, 0.3) is 22.5 Å². The topological polar surface area (TPSA) is 219 Å². The van der Waals surface area contributed by atoms with Crippen molar-refractivity contribution in [2.75, 3.05) is 32.1 Å². The maximum absolute atomic E-state index is 16.0. The number of amides is 5. The summed E-state index contributed by atoms with van der Waals surface area (Å²) in [6.45, 7) is 12.1. The third kappa shape index (κ3) is 13.5. The van der Waals surface area contributed by atoms with Crippen LogP contribution in [-0.4, -0.2) is 105 Å². The highest BCUT2D eigenvalue weighted by Crippen LogP contribution is 2.35. The maximum Gasteiger partial charge on any atom is 0.410 e. The fourth-order valence-electron chi connectivity index (χ4n) is 7.90. The van der Waals surface area contributed by atoms with Crippen LogP contribution in [0.5, 0.6) is 5.75 Å². The Balaban J connectivity index is 1.11. The summed E-state index contributed by atoms with van der Waals surface area (Å²) in [6, 6.07) is 15.9. The normalized spacial score (nSPS) is 17.3. The van der Waals surface area contributed by atoms with Crippen LogP contribution in [0, 0.1) is 17.7 Å². The summed E-state index contributed by atoms with van der Waals surface area (Å²) in [5, 5.41) is 25.6. The number of aromatic nitrogens is 4. The van der Waals surface area contributed by atoms with E-state index in [1.165, 1.54) is 13.2 Å². The fourth-order valence-corrected chi connectivity index (χ4v) is 7.90. The van der Waals surface area contributed by atoms with E-state index >= 15 is 4.39 Å². The Bertz CT molecular complexity index is 2280. The van der Waals surface area contributed by atoms with Gasteiger partial charge in [0.2, 0.25) is 17.6 Å². The molecule has 2 heterocycles. The average Bonchev–Trinajstić information content (AvgIpc) is 3.80. The van der Waals surface area contributed by atoms with Crippen LogP contribution < -0.4 is 26.0 Å². The molecule has 0 radical (unpaired) electrons. The lowest BCUT2D eigenvalue weighted by Crippen LogP contribution is -2.48. The van der Waals surface area contributed by atoms with E-state index in [1.807, 2.05) is 0 Å². The van der Waals surface area contributed by atoms with Crippen LogP contribution in [0.4, 0.5) is 19.7 Å². The number of benzene rings is 3. The SMILES string of the molecule is COc1c(-c2ccc(CC(NC(=O)C3CCC(CNC(=O)OC(C)(C)C)CC3)C(=O)Nc3ccc(-c4nn[nH]n4)cc3)cc2)ccc(C(=O)NC2CCN(C(=O)OC(C)(C)C)CC2)c1F. The van der Waals surface area contributed by atoms with Crippen molar-refractivity contribution in [2.24, 2.45) is 11.8 Å². The summed E-state index contributed by atoms with van der Waals surface area (Å²) < 4.78 is 32.3. The van der Waals surface area contributed by atoms with Gasteiger partial charge in [0.15, 0.2) is 11.6 Å². The molecule has 5 amide bonds. The van der Waals surface area contributed by atoms with Crippen molar-refractivity contribution in [1.29, 1.82) is 0 Å². The molecular formula is C47H60FN9O8. The summed E-state index contributed by atoms with van der Waals surface area (Å²) in [5.74, 6) is -1.87. The summed E-state index contributed by atoms with van der Waals surface area (Å²) >= 11 is 0. The van der Waals surface area contributed by atoms with Gasteiger partial charge in [-0.15, -0.1) is 10.2 Å². The first kappa shape index (κ1) is 47.9. The van der Waals surface area contributed by atoms with Gasteiger partial charge in [0.05, 0.1) is 12.7 Å². The minimum atomic E-state index is -0.953. The lowest BCUT2D eigenvalue weighted by Gasteiger charge is -2.33. The molecule has 6 rings (SSSR count). The van der Waals surface area contributed by atoms with E-state index < -0.39 is 47.1 Å². The highest BCUT2D eigenvalue weighted by molar-refractivity contribution is 5.98. The number of likely N-dealkylation sites (tertiary alicyclic amines) is 1. The molecule has 17 nitrogen and oxygen atoms in total. The zero-order chi connectivity index (χ0) is 46.9. The van der Waals surface area contributed by atoms with Crippen molar-refractivity contribution in [3.05, 3.63) is 77.6 Å². The molecule has 1 aliphatic carbocycles. The van der Waals surface area contributed by atoms with Gasteiger partial charge in [0.25, 0.3) is 5.91 Å². The van der Waals surface area contributed by atoms with Gasteiger partial charge in [-0.2, -0.15) is 5.21 Å². The van der Waals surface area contributed by atoms with Gasteiger partial charge >= 0.3 is 12.2 Å². The molecule has 18 heteroatoms. The molecule has 1 saturated heterocycles. The van der Waals surface area contributed by atoms with Gasteiger partial charge < -0.3 is 40.4 Å². The molecule has 4 aromatic rings. The van der Waals surface area contributed by atoms with Crippen LogP contribution in [0.1, 0.15) is 96.0 Å². The van der Waals surface area contributed by atoms with Crippen LogP contribution in [0.15, 0.2) is 60.7 Å². The number of H-pyrrole nitrogens is 1. The third-order valence-electron chi connectivity index (χ3n) is 11.3. The minimum absolute atomic E-state index is 0.102. The van der Waals surface area contributed by atoms with Gasteiger partial charge in [-0.3, -0.25) is 14.4 Å². The second kappa shape index (κ2) is 20.9. The quantitative estimate of drug-likeness (QED) is 0.0939. The Kier molecular flexibility index (Phi) is 15.4. The number of halogens is 1. The molecular weight excluding hydrogens is 838 g/mol. The molecule has 3 aromatic carbocycles. The van der Waals surface area contributed by atoms with Crippen molar-refractivity contribution in [3.63, 3.8) is 0 Å². The van der Waals surface area contributed by atoms with Gasteiger partial charge in [0, 0.05) is 54.8 Å². The number of hydrogen-bond donors (Lipinski definition) is 5. The second-order valence-electron chi connectivity index (χ2n) is 18.6. The number of tetrazole rings is 1. The van der Waals surface area contributed by atoms with E-state index in [4.69, 9.17) is 14.2 Å². The number of rotatable bonds is 13. The molecule has 2 aliphatic rings. The predicted octanol–water partition coefficient (Wildman–Crippen LogP) is 6.81. The average molecular weight is 898 g/mol. The van der Waals surface area contributed by atoms with Crippen molar-refractivity contribution in [3.8, 4) is 28.3 Å². The van der Waals surface area contributed by atoms with E-state index in [0.29, 0.717) is 73.5 Å². The van der Waals surface area contributed by atoms with E-state index in [-0.39, 0.29) is 41.5 Å². The van der Waals surface area contributed by atoms with Gasteiger partial charge in [0.1, 0.15) is 17.2 Å². The lowest BCUT2D eigenvalue weighted by atomic mass is 9.81. The number of nitrogens with one attached hydrogen (secondary N) is 5. The Hall–Kier alpha value is -6.59.